The Hall–Kier alpha value is -1.55. The fraction of sp³-hybridized carbons (Fsp3) is 0.462. The van der Waals surface area contributed by atoms with E-state index in [0.29, 0.717) is 6.42 Å². The lowest BCUT2D eigenvalue weighted by molar-refractivity contribution is -0.116. The first-order chi connectivity index (χ1) is 8.22. The Morgan fingerprint density at radius 3 is 2.41 bits per heavy atom. The number of anilines is 1. The molecule has 0 heterocycles. The highest BCUT2D eigenvalue weighted by Crippen LogP contribution is 2.14. The van der Waals surface area contributed by atoms with Gasteiger partial charge in [0.25, 0.3) is 0 Å². The van der Waals surface area contributed by atoms with Crippen molar-refractivity contribution in [1.29, 1.82) is 0 Å². The molecule has 0 spiro atoms. The highest BCUT2D eigenvalue weighted by Gasteiger charge is 2.01. The maximum absolute atomic E-state index is 11.5. The molecule has 0 radical (unpaired) electrons. The molecule has 1 aromatic carbocycles. The normalized spacial score (nSPS) is 10.2. The Morgan fingerprint density at radius 2 is 1.76 bits per heavy atom. The van der Waals surface area contributed by atoms with E-state index in [1.807, 2.05) is 0 Å². The standard InChI is InChI=1S/C13H20N2O2/c14-10-4-2-1-3-5-13(17)15-11-6-8-12(16)9-7-11/h6-9,16H,1-5,10,14H2,(H,15,17). The van der Waals surface area contributed by atoms with Crippen LogP contribution in [0.4, 0.5) is 5.69 Å². The average Bonchev–Trinajstić information content (AvgIpc) is 2.32. The number of rotatable bonds is 7. The van der Waals surface area contributed by atoms with Crippen molar-refractivity contribution in [2.75, 3.05) is 11.9 Å². The Morgan fingerprint density at radius 1 is 1.12 bits per heavy atom. The molecule has 0 saturated carbocycles. The van der Waals surface area contributed by atoms with Gasteiger partial charge in [0.15, 0.2) is 0 Å². The molecule has 0 aliphatic carbocycles. The van der Waals surface area contributed by atoms with E-state index in [2.05, 4.69) is 5.32 Å². The molecule has 0 bridgehead atoms. The molecule has 94 valence electrons. The van der Waals surface area contributed by atoms with Crippen molar-refractivity contribution >= 4 is 11.6 Å². The van der Waals surface area contributed by atoms with Crippen LogP contribution in [0, 0.1) is 0 Å². The van der Waals surface area contributed by atoms with Gasteiger partial charge >= 0.3 is 0 Å². The summed E-state index contributed by atoms with van der Waals surface area (Å²) >= 11 is 0. The SMILES string of the molecule is NCCCCCCC(=O)Nc1ccc(O)cc1. The zero-order valence-electron chi connectivity index (χ0n) is 9.98. The van der Waals surface area contributed by atoms with Gasteiger partial charge in [-0.2, -0.15) is 0 Å². The van der Waals surface area contributed by atoms with Crippen LogP contribution in [0.2, 0.25) is 0 Å². The maximum Gasteiger partial charge on any atom is 0.224 e. The quantitative estimate of drug-likeness (QED) is 0.502. The zero-order chi connectivity index (χ0) is 12.5. The first kappa shape index (κ1) is 13.5. The van der Waals surface area contributed by atoms with Crippen molar-refractivity contribution in [2.24, 2.45) is 5.73 Å². The van der Waals surface area contributed by atoms with Crippen LogP contribution in [0.3, 0.4) is 0 Å². The minimum Gasteiger partial charge on any atom is -0.508 e. The molecular formula is C13H20N2O2. The van der Waals surface area contributed by atoms with E-state index in [4.69, 9.17) is 10.8 Å². The number of amides is 1. The second-order valence-corrected chi connectivity index (χ2v) is 4.05. The van der Waals surface area contributed by atoms with E-state index in [9.17, 15) is 4.79 Å². The number of nitrogens with one attached hydrogen (secondary N) is 1. The van der Waals surface area contributed by atoms with Gasteiger partial charge in [0.1, 0.15) is 5.75 Å². The summed E-state index contributed by atoms with van der Waals surface area (Å²) in [5.41, 5.74) is 6.10. The third kappa shape index (κ3) is 5.92. The molecular weight excluding hydrogens is 216 g/mol. The second-order valence-electron chi connectivity index (χ2n) is 4.05. The highest BCUT2D eigenvalue weighted by molar-refractivity contribution is 5.90. The minimum atomic E-state index is 0.0171. The van der Waals surface area contributed by atoms with Crippen molar-refractivity contribution in [1.82, 2.24) is 0 Å². The number of phenols is 1. The van der Waals surface area contributed by atoms with Gasteiger partial charge < -0.3 is 16.2 Å². The Kier molecular flexibility index (Phi) is 6.10. The van der Waals surface area contributed by atoms with Gasteiger partial charge in [0, 0.05) is 12.1 Å². The predicted octanol–water partition coefficient (Wildman–Crippen LogP) is 2.24. The van der Waals surface area contributed by atoms with Crippen molar-refractivity contribution in [3.8, 4) is 5.75 Å². The monoisotopic (exact) mass is 236 g/mol. The number of nitrogens with two attached hydrogens (primary N) is 1. The van der Waals surface area contributed by atoms with Crippen LogP contribution >= 0.6 is 0 Å². The number of carbonyl (C=O) groups excluding carboxylic acids is 1. The van der Waals surface area contributed by atoms with Gasteiger partial charge in [-0.25, -0.2) is 0 Å². The lowest BCUT2D eigenvalue weighted by Crippen LogP contribution is -2.10. The lowest BCUT2D eigenvalue weighted by atomic mass is 10.1. The molecule has 1 aromatic rings. The smallest absolute Gasteiger partial charge is 0.224 e. The van der Waals surface area contributed by atoms with Gasteiger partial charge in [-0.1, -0.05) is 12.8 Å². The number of carbonyl (C=O) groups is 1. The van der Waals surface area contributed by atoms with E-state index in [0.717, 1.165) is 37.9 Å². The number of hydrogen-bond donors (Lipinski definition) is 3. The second kappa shape index (κ2) is 7.68. The van der Waals surface area contributed by atoms with Crippen LogP contribution in [0.5, 0.6) is 5.75 Å². The topological polar surface area (TPSA) is 75.4 Å². The molecule has 4 heteroatoms. The third-order valence-electron chi connectivity index (χ3n) is 2.51. The number of aromatic hydroxyl groups is 1. The molecule has 0 saturated heterocycles. The molecule has 1 amide bonds. The van der Waals surface area contributed by atoms with Crippen LogP contribution in [0.1, 0.15) is 32.1 Å². The summed E-state index contributed by atoms with van der Waals surface area (Å²) < 4.78 is 0. The van der Waals surface area contributed by atoms with Crippen molar-refractivity contribution < 1.29 is 9.90 Å². The summed E-state index contributed by atoms with van der Waals surface area (Å²) in [4.78, 5) is 11.5. The van der Waals surface area contributed by atoms with Crippen LogP contribution in [-0.2, 0) is 4.79 Å². The summed E-state index contributed by atoms with van der Waals surface area (Å²) in [6, 6.07) is 6.47. The Balaban J connectivity index is 2.18. The Bertz CT molecular complexity index is 336. The van der Waals surface area contributed by atoms with E-state index < -0.39 is 0 Å². The first-order valence-corrected chi connectivity index (χ1v) is 6.01. The molecule has 0 unspecified atom stereocenters. The molecule has 0 fully saturated rings. The fourth-order valence-electron chi connectivity index (χ4n) is 1.55. The fourth-order valence-corrected chi connectivity index (χ4v) is 1.55. The highest BCUT2D eigenvalue weighted by atomic mass is 16.3. The predicted molar refractivity (Wildman–Crippen MR) is 68.9 cm³/mol. The molecule has 0 atom stereocenters. The summed E-state index contributed by atoms with van der Waals surface area (Å²) in [5, 5.41) is 11.9. The number of hydrogen-bond acceptors (Lipinski definition) is 3. The summed E-state index contributed by atoms with van der Waals surface area (Å²) in [6.07, 6.45) is 4.58. The van der Waals surface area contributed by atoms with Crippen LogP contribution in [-0.4, -0.2) is 17.6 Å². The van der Waals surface area contributed by atoms with Gasteiger partial charge in [-0.15, -0.1) is 0 Å². The number of unbranched alkanes of at least 4 members (excludes halogenated alkanes) is 3. The molecule has 0 aliphatic heterocycles. The maximum atomic E-state index is 11.5. The summed E-state index contributed by atoms with van der Waals surface area (Å²) in [5.74, 6) is 0.216. The molecule has 0 aromatic heterocycles. The Labute approximate surface area is 102 Å². The van der Waals surface area contributed by atoms with E-state index >= 15 is 0 Å². The molecule has 4 N–H and O–H groups in total. The third-order valence-corrected chi connectivity index (χ3v) is 2.51. The van der Waals surface area contributed by atoms with Gasteiger partial charge in [-0.05, 0) is 43.7 Å². The van der Waals surface area contributed by atoms with Gasteiger partial charge in [-0.3, -0.25) is 4.79 Å². The van der Waals surface area contributed by atoms with E-state index in [-0.39, 0.29) is 11.7 Å². The largest absolute Gasteiger partial charge is 0.508 e. The van der Waals surface area contributed by atoms with E-state index in [1.54, 1.807) is 24.3 Å². The number of benzene rings is 1. The van der Waals surface area contributed by atoms with E-state index in [1.165, 1.54) is 0 Å². The molecule has 4 nitrogen and oxygen atoms in total. The molecule has 0 aliphatic rings. The van der Waals surface area contributed by atoms with Crippen LogP contribution in [0.25, 0.3) is 0 Å². The summed E-state index contributed by atoms with van der Waals surface area (Å²) in [6.45, 7) is 0.722. The summed E-state index contributed by atoms with van der Waals surface area (Å²) in [7, 11) is 0. The molecule has 1 rings (SSSR count). The zero-order valence-corrected chi connectivity index (χ0v) is 9.98. The van der Waals surface area contributed by atoms with Crippen molar-refractivity contribution in [3.63, 3.8) is 0 Å². The molecule has 17 heavy (non-hydrogen) atoms. The minimum absolute atomic E-state index is 0.0171. The van der Waals surface area contributed by atoms with Crippen LogP contribution in [0.15, 0.2) is 24.3 Å². The first-order valence-electron chi connectivity index (χ1n) is 6.01. The van der Waals surface area contributed by atoms with Crippen molar-refractivity contribution in [3.05, 3.63) is 24.3 Å². The van der Waals surface area contributed by atoms with Gasteiger partial charge in [0.2, 0.25) is 5.91 Å². The van der Waals surface area contributed by atoms with Crippen LogP contribution < -0.4 is 11.1 Å². The average molecular weight is 236 g/mol. The lowest BCUT2D eigenvalue weighted by Gasteiger charge is -2.05. The van der Waals surface area contributed by atoms with Crippen molar-refractivity contribution in [2.45, 2.75) is 32.1 Å². The van der Waals surface area contributed by atoms with Gasteiger partial charge in [0.05, 0.1) is 0 Å². The number of phenolic OH excluding ortho intramolecular Hbond substituents is 1.